The number of carbonyl (C=O) groups excluding carboxylic acids is 1. The van der Waals surface area contributed by atoms with Gasteiger partial charge >= 0.3 is 19.6 Å². The molecule has 4 rings (SSSR count). The predicted octanol–water partition coefficient (Wildman–Crippen LogP) is 0.940. The van der Waals surface area contributed by atoms with Crippen LogP contribution in [-0.2, 0) is 34.8 Å². The minimum atomic E-state index is -4.33. The van der Waals surface area contributed by atoms with E-state index < -0.39 is 62.3 Å². The lowest BCUT2D eigenvalue weighted by Crippen LogP contribution is -2.45. The Bertz CT molecular complexity index is 1560. The first-order valence-corrected chi connectivity index (χ1v) is 15.9. The first kappa shape index (κ1) is 33.9. The van der Waals surface area contributed by atoms with E-state index in [2.05, 4.69) is 25.1 Å². The summed E-state index contributed by atoms with van der Waals surface area (Å²) in [7, 11) is -2.95. The largest absolute Gasteiger partial charge is 0.480 e. The standard InChI is InChI=1S/C25H33IN7O10P/c1-12(20(35)36)31-44(39,32-13(2)21(37)41-10-14-8-6-5-7-9-14)42-11-15-17(34)25(3,38)22(43-15)33-18-16(28-23(33)26)19(40-4)30-24(27)29-18/h5-9,12-13,15,17,22,34,38H,10-11H2,1-4H3,(H,35,36)(H2,27,29,30)(H2,31,32,39)/t12-,13-,15+,17+,22+,25+,44?/m0/s1. The van der Waals surface area contributed by atoms with E-state index in [4.69, 9.17) is 24.5 Å². The number of fused-ring (bicyclic) bond motifs is 1. The van der Waals surface area contributed by atoms with Crippen LogP contribution in [0.3, 0.4) is 0 Å². The molecule has 0 amide bonds. The van der Waals surface area contributed by atoms with Gasteiger partial charge in [-0.15, -0.1) is 0 Å². The first-order valence-electron chi connectivity index (χ1n) is 13.2. The van der Waals surface area contributed by atoms with Gasteiger partial charge in [-0.1, -0.05) is 30.3 Å². The number of aromatic nitrogens is 4. The average molecular weight is 749 g/mol. The third-order valence-corrected chi connectivity index (χ3v) is 9.49. The number of aliphatic hydroxyl groups is 2. The maximum atomic E-state index is 13.8. The highest BCUT2D eigenvalue weighted by Crippen LogP contribution is 2.44. The van der Waals surface area contributed by atoms with Gasteiger partial charge in [-0.2, -0.15) is 9.97 Å². The van der Waals surface area contributed by atoms with Crippen molar-refractivity contribution in [1.29, 1.82) is 0 Å². The lowest BCUT2D eigenvalue weighted by molar-refractivity contribution is -0.146. The van der Waals surface area contributed by atoms with Gasteiger partial charge in [0.05, 0.1) is 13.7 Å². The predicted molar refractivity (Wildman–Crippen MR) is 162 cm³/mol. The second-order valence-electron chi connectivity index (χ2n) is 10.2. The summed E-state index contributed by atoms with van der Waals surface area (Å²) in [5.41, 5.74) is 4.99. The molecule has 44 heavy (non-hydrogen) atoms. The van der Waals surface area contributed by atoms with Crippen molar-refractivity contribution in [2.24, 2.45) is 0 Å². The summed E-state index contributed by atoms with van der Waals surface area (Å²) in [5.74, 6) is -2.16. The van der Waals surface area contributed by atoms with Crippen LogP contribution in [0.15, 0.2) is 30.3 Å². The number of halogens is 1. The van der Waals surface area contributed by atoms with E-state index in [1.807, 2.05) is 28.7 Å². The van der Waals surface area contributed by atoms with Gasteiger partial charge in [0.25, 0.3) is 0 Å². The molecule has 17 nitrogen and oxygen atoms in total. The number of aliphatic carboxylic acids is 1. The molecule has 1 fully saturated rings. The van der Waals surface area contributed by atoms with Crippen LogP contribution < -0.4 is 20.6 Å². The molecule has 1 saturated heterocycles. The van der Waals surface area contributed by atoms with Gasteiger partial charge in [0.15, 0.2) is 21.2 Å². The normalized spacial score (nSPS) is 24.5. The fourth-order valence-electron chi connectivity index (χ4n) is 4.40. The summed E-state index contributed by atoms with van der Waals surface area (Å²) >= 11 is 1.88. The van der Waals surface area contributed by atoms with Crippen LogP contribution in [0.1, 0.15) is 32.6 Å². The van der Waals surface area contributed by atoms with E-state index >= 15 is 0 Å². The van der Waals surface area contributed by atoms with Gasteiger partial charge in [0, 0.05) is 22.6 Å². The monoisotopic (exact) mass is 749 g/mol. The first-order chi connectivity index (χ1) is 20.7. The zero-order valence-corrected chi connectivity index (χ0v) is 27.1. The number of methoxy groups -OCH3 is 1. The molecule has 19 heteroatoms. The smallest absolute Gasteiger partial charge is 0.342 e. The number of nitrogens with one attached hydrogen (secondary N) is 2. The summed E-state index contributed by atoms with van der Waals surface area (Å²) in [6.07, 6.45) is -4.17. The van der Waals surface area contributed by atoms with Crippen molar-refractivity contribution in [3.05, 3.63) is 39.7 Å². The van der Waals surface area contributed by atoms with Gasteiger partial charge in [-0.05, 0) is 26.3 Å². The van der Waals surface area contributed by atoms with Crippen LogP contribution in [0, 0.1) is 3.83 Å². The Morgan fingerprint density at radius 2 is 1.86 bits per heavy atom. The Morgan fingerprint density at radius 1 is 1.20 bits per heavy atom. The number of carboxylic acid groups (broad SMARTS) is 1. The number of aliphatic hydroxyl groups excluding tert-OH is 1. The number of nitrogens with two attached hydrogens (primary N) is 1. The van der Waals surface area contributed by atoms with Crippen LogP contribution in [0.5, 0.6) is 5.88 Å². The topological polar surface area (TPSA) is 242 Å². The summed E-state index contributed by atoms with van der Waals surface area (Å²) in [6, 6.07) is 6.31. The van der Waals surface area contributed by atoms with Crippen molar-refractivity contribution < 1.29 is 48.2 Å². The van der Waals surface area contributed by atoms with Gasteiger partial charge < -0.3 is 39.8 Å². The molecule has 0 radical (unpaired) electrons. The van der Waals surface area contributed by atoms with E-state index in [0.29, 0.717) is 3.83 Å². The molecule has 1 aliphatic rings. The number of hydrogen-bond donors (Lipinski definition) is 6. The lowest BCUT2D eigenvalue weighted by atomic mass is 9.96. The minimum absolute atomic E-state index is 0.0431. The summed E-state index contributed by atoms with van der Waals surface area (Å²) < 4.78 is 37.6. The molecule has 0 spiro atoms. The Balaban J connectivity index is 1.52. The van der Waals surface area contributed by atoms with Crippen LogP contribution in [0.4, 0.5) is 5.95 Å². The highest BCUT2D eigenvalue weighted by Gasteiger charge is 2.54. The highest BCUT2D eigenvalue weighted by atomic mass is 127. The quantitative estimate of drug-likeness (QED) is 0.0617. The molecule has 1 unspecified atom stereocenters. The molecule has 1 aliphatic heterocycles. The lowest BCUT2D eigenvalue weighted by Gasteiger charge is -2.28. The van der Waals surface area contributed by atoms with Gasteiger partial charge in [-0.25, -0.2) is 15.2 Å². The Labute approximate surface area is 265 Å². The van der Waals surface area contributed by atoms with Crippen molar-refractivity contribution in [3.8, 4) is 5.88 Å². The number of anilines is 1. The second kappa shape index (κ2) is 13.6. The second-order valence-corrected chi connectivity index (χ2v) is 13.0. The van der Waals surface area contributed by atoms with E-state index in [-0.39, 0.29) is 29.6 Å². The fraction of sp³-hybridized carbons (Fsp3) is 0.480. The highest BCUT2D eigenvalue weighted by molar-refractivity contribution is 14.1. The summed E-state index contributed by atoms with van der Waals surface area (Å²) in [4.78, 5) is 36.8. The Kier molecular flexibility index (Phi) is 10.5. The third kappa shape index (κ3) is 7.28. The number of benzene rings is 1. The van der Waals surface area contributed by atoms with Crippen molar-refractivity contribution >= 4 is 59.3 Å². The van der Waals surface area contributed by atoms with E-state index in [9.17, 15) is 29.5 Å². The Hall–Kier alpha value is -2.97. The molecule has 240 valence electrons. The van der Waals surface area contributed by atoms with E-state index in [0.717, 1.165) is 5.56 Å². The van der Waals surface area contributed by atoms with Crippen LogP contribution in [-0.4, -0.2) is 90.4 Å². The molecule has 0 bridgehead atoms. The number of hydrogen-bond acceptors (Lipinski definition) is 13. The van der Waals surface area contributed by atoms with E-state index in [1.54, 1.807) is 24.3 Å². The Morgan fingerprint density at radius 3 is 2.50 bits per heavy atom. The molecule has 1 aromatic carbocycles. The SMILES string of the molecule is COc1nc(N)nc2c1nc(I)n2[C@@H]1O[C@H](COP(=O)(N[C@@H](C)C(=O)O)N[C@@H](C)C(=O)OCc2ccccc2)[C@@H](O)[C@@]1(C)O. The molecule has 3 aromatic rings. The van der Waals surface area contributed by atoms with Crippen LogP contribution >= 0.6 is 30.3 Å². The van der Waals surface area contributed by atoms with Crippen LogP contribution in [0.25, 0.3) is 11.2 Å². The van der Waals surface area contributed by atoms with E-state index in [1.165, 1.54) is 32.4 Å². The molecule has 7 atom stereocenters. The fourth-order valence-corrected chi connectivity index (χ4v) is 6.94. The number of imidazole rings is 1. The van der Waals surface area contributed by atoms with Gasteiger partial charge in [-0.3, -0.25) is 18.7 Å². The van der Waals surface area contributed by atoms with Crippen molar-refractivity contribution in [1.82, 2.24) is 29.7 Å². The average Bonchev–Trinajstić information content (AvgIpc) is 3.41. The molecule has 7 N–H and O–H groups in total. The zero-order chi connectivity index (χ0) is 32.4. The zero-order valence-electron chi connectivity index (χ0n) is 24.1. The van der Waals surface area contributed by atoms with Crippen molar-refractivity contribution in [3.63, 3.8) is 0 Å². The van der Waals surface area contributed by atoms with Gasteiger partial charge in [0.1, 0.15) is 36.5 Å². The number of ether oxygens (including phenoxy) is 3. The number of nitrogen functional groups attached to an aromatic ring is 1. The molecule has 0 saturated carbocycles. The number of carboxylic acids is 1. The minimum Gasteiger partial charge on any atom is -0.480 e. The number of carbonyl (C=O) groups is 2. The summed E-state index contributed by atoms with van der Waals surface area (Å²) in [6.45, 7) is 3.27. The number of rotatable bonds is 13. The van der Waals surface area contributed by atoms with Crippen molar-refractivity contribution in [2.75, 3.05) is 19.5 Å². The molecular weight excluding hydrogens is 716 g/mol. The molecule has 3 heterocycles. The molecule has 0 aliphatic carbocycles. The summed E-state index contributed by atoms with van der Waals surface area (Å²) in [5, 5.41) is 36.6. The molecule has 2 aromatic heterocycles. The van der Waals surface area contributed by atoms with Gasteiger partial charge in [0.2, 0.25) is 11.8 Å². The van der Waals surface area contributed by atoms with Crippen molar-refractivity contribution in [2.45, 2.75) is 63.5 Å². The number of nitrogens with zero attached hydrogens (tertiary/aromatic N) is 4. The maximum Gasteiger partial charge on any atom is 0.342 e. The number of esters is 1. The van der Waals surface area contributed by atoms with Crippen LogP contribution in [0.2, 0.25) is 0 Å². The maximum absolute atomic E-state index is 13.8. The molecular formula is C25H33IN7O10P. The third-order valence-electron chi connectivity index (χ3n) is 6.76.